The summed E-state index contributed by atoms with van der Waals surface area (Å²) < 4.78 is 10.1. The third kappa shape index (κ3) is 5.75. The predicted molar refractivity (Wildman–Crippen MR) is 72.6 cm³/mol. The molecule has 1 fully saturated rings. The Kier molecular flexibility index (Phi) is 7.32. The molecular weight excluding hydrogens is 264 g/mol. The summed E-state index contributed by atoms with van der Waals surface area (Å²) in [6.45, 7) is 0.793. The molecule has 0 heterocycles. The second kappa shape index (κ2) is 8.76. The van der Waals surface area contributed by atoms with E-state index in [9.17, 15) is 9.59 Å². The molecule has 3 N–H and O–H groups in total. The first kappa shape index (κ1) is 16.7. The molecule has 20 heavy (non-hydrogen) atoms. The Bertz CT molecular complexity index is 316. The number of carbonyl (C=O) groups excluding carboxylic acids is 1. The largest absolute Gasteiger partial charge is 0.481 e. The summed E-state index contributed by atoms with van der Waals surface area (Å²) in [6.07, 6.45) is 2.47. The maximum absolute atomic E-state index is 11.7. The number of hydrogen-bond acceptors (Lipinski definition) is 4. The monoisotopic (exact) mass is 288 g/mol. The van der Waals surface area contributed by atoms with Gasteiger partial charge in [-0.3, -0.25) is 4.79 Å². The molecule has 1 atom stereocenters. The van der Waals surface area contributed by atoms with Crippen LogP contribution in [0.25, 0.3) is 0 Å². The quantitative estimate of drug-likeness (QED) is 0.637. The highest BCUT2D eigenvalue weighted by Gasteiger charge is 2.26. The first-order valence-corrected chi connectivity index (χ1v) is 6.85. The van der Waals surface area contributed by atoms with Crippen molar-refractivity contribution >= 4 is 12.0 Å². The van der Waals surface area contributed by atoms with Crippen molar-refractivity contribution in [3.05, 3.63) is 0 Å². The summed E-state index contributed by atoms with van der Waals surface area (Å²) in [5.74, 6) is -1.01. The van der Waals surface area contributed by atoms with Gasteiger partial charge >= 0.3 is 12.0 Å². The Labute approximate surface area is 119 Å². The summed E-state index contributed by atoms with van der Waals surface area (Å²) >= 11 is 0. The standard InChI is InChI=1S/C13H24N2O5/c1-19-8-11(20-2)7-14-13(18)15-10-5-3-9(4-6-10)12(16)17/h9-11H,3-8H2,1-2H3,(H,16,17)(H2,14,15,18). The zero-order chi connectivity index (χ0) is 15.0. The fourth-order valence-electron chi connectivity index (χ4n) is 2.32. The van der Waals surface area contributed by atoms with Crippen LogP contribution in [0, 0.1) is 5.92 Å². The van der Waals surface area contributed by atoms with Gasteiger partial charge in [-0.25, -0.2) is 4.79 Å². The van der Waals surface area contributed by atoms with Gasteiger partial charge in [0.1, 0.15) is 0 Å². The van der Waals surface area contributed by atoms with Crippen LogP contribution in [0.4, 0.5) is 4.79 Å². The van der Waals surface area contributed by atoms with Gasteiger partial charge in [0.05, 0.1) is 18.6 Å². The van der Waals surface area contributed by atoms with Crippen LogP contribution in [0.1, 0.15) is 25.7 Å². The number of carbonyl (C=O) groups is 2. The number of carboxylic acids is 1. The van der Waals surface area contributed by atoms with Gasteiger partial charge in [0.2, 0.25) is 0 Å². The summed E-state index contributed by atoms with van der Waals surface area (Å²) in [5.41, 5.74) is 0. The molecule has 1 rings (SSSR count). The van der Waals surface area contributed by atoms with Crippen molar-refractivity contribution in [3.63, 3.8) is 0 Å². The van der Waals surface area contributed by atoms with Gasteiger partial charge < -0.3 is 25.2 Å². The maximum Gasteiger partial charge on any atom is 0.315 e. The minimum absolute atomic E-state index is 0.0500. The molecule has 1 saturated carbocycles. The zero-order valence-electron chi connectivity index (χ0n) is 12.1. The van der Waals surface area contributed by atoms with Crippen molar-refractivity contribution in [2.24, 2.45) is 5.92 Å². The average Bonchev–Trinajstić information content (AvgIpc) is 2.44. The predicted octanol–water partition coefficient (Wildman–Crippen LogP) is 0.590. The Morgan fingerprint density at radius 1 is 1.25 bits per heavy atom. The van der Waals surface area contributed by atoms with Crippen LogP contribution < -0.4 is 10.6 Å². The van der Waals surface area contributed by atoms with Gasteiger partial charge in [0.15, 0.2) is 0 Å². The maximum atomic E-state index is 11.7. The second-order valence-electron chi connectivity index (χ2n) is 5.05. The van der Waals surface area contributed by atoms with Gasteiger partial charge in [-0.1, -0.05) is 0 Å². The smallest absolute Gasteiger partial charge is 0.315 e. The number of hydrogen-bond donors (Lipinski definition) is 3. The minimum atomic E-state index is -0.740. The van der Waals surface area contributed by atoms with E-state index < -0.39 is 5.97 Å². The number of rotatable bonds is 7. The van der Waals surface area contributed by atoms with Crippen LogP contribution in [-0.2, 0) is 14.3 Å². The van der Waals surface area contributed by atoms with E-state index in [2.05, 4.69) is 10.6 Å². The zero-order valence-corrected chi connectivity index (χ0v) is 12.1. The first-order chi connectivity index (χ1) is 9.56. The molecule has 1 unspecified atom stereocenters. The van der Waals surface area contributed by atoms with Gasteiger partial charge in [-0.05, 0) is 25.7 Å². The summed E-state index contributed by atoms with van der Waals surface area (Å²) in [5, 5.41) is 14.5. The number of amides is 2. The molecule has 0 aromatic rings. The number of methoxy groups -OCH3 is 2. The van der Waals surface area contributed by atoms with Crippen LogP contribution in [-0.4, -0.2) is 56.6 Å². The number of nitrogens with one attached hydrogen (secondary N) is 2. The molecule has 0 spiro atoms. The van der Waals surface area contributed by atoms with Crippen LogP contribution in [0.2, 0.25) is 0 Å². The lowest BCUT2D eigenvalue weighted by Gasteiger charge is -2.27. The van der Waals surface area contributed by atoms with E-state index in [0.717, 1.165) is 0 Å². The number of carboxylic acid groups (broad SMARTS) is 1. The molecule has 1 aliphatic rings. The Morgan fingerprint density at radius 3 is 2.40 bits per heavy atom. The lowest BCUT2D eigenvalue weighted by atomic mass is 9.86. The van der Waals surface area contributed by atoms with Gasteiger partial charge in [-0.15, -0.1) is 0 Å². The summed E-state index contributed by atoms with van der Waals surface area (Å²) in [7, 11) is 3.14. The van der Waals surface area contributed by atoms with E-state index in [0.29, 0.717) is 38.8 Å². The number of aliphatic carboxylic acids is 1. The lowest BCUT2D eigenvalue weighted by Crippen LogP contribution is -2.46. The molecule has 7 heteroatoms. The molecule has 0 aromatic carbocycles. The molecule has 0 bridgehead atoms. The van der Waals surface area contributed by atoms with E-state index in [-0.39, 0.29) is 24.1 Å². The fraction of sp³-hybridized carbons (Fsp3) is 0.846. The molecule has 116 valence electrons. The van der Waals surface area contributed by atoms with Gasteiger partial charge in [-0.2, -0.15) is 0 Å². The fourth-order valence-corrected chi connectivity index (χ4v) is 2.32. The van der Waals surface area contributed by atoms with E-state index in [1.54, 1.807) is 14.2 Å². The number of urea groups is 1. The Morgan fingerprint density at radius 2 is 1.90 bits per heavy atom. The minimum Gasteiger partial charge on any atom is -0.481 e. The highest BCUT2D eigenvalue weighted by molar-refractivity contribution is 5.74. The van der Waals surface area contributed by atoms with Gasteiger partial charge in [0.25, 0.3) is 0 Å². The highest BCUT2D eigenvalue weighted by atomic mass is 16.5. The van der Waals surface area contributed by atoms with Crippen molar-refractivity contribution in [2.75, 3.05) is 27.4 Å². The second-order valence-corrected chi connectivity index (χ2v) is 5.05. The van der Waals surface area contributed by atoms with Crippen molar-refractivity contribution in [2.45, 2.75) is 37.8 Å². The first-order valence-electron chi connectivity index (χ1n) is 6.85. The Hall–Kier alpha value is -1.34. The Balaban J connectivity index is 2.21. The highest BCUT2D eigenvalue weighted by Crippen LogP contribution is 2.24. The lowest BCUT2D eigenvalue weighted by molar-refractivity contribution is -0.142. The van der Waals surface area contributed by atoms with Crippen LogP contribution in [0.5, 0.6) is 0 Å². The van der Waals surface area contributed by atoms with E-state index in [1.165, 1.54) is 0 Å². The molecule has 1 aliphatic carbocycles. The van der Waals surface area contributed by atoms with Crippen LogP contribution in [0.3, 0.4) is 0 Å². The third-order valence-corrected chi connectivity index (χ3v) is 3.59. The van der Waals surface area contributed by atoms with E-state index >= 15 is 0 Å². The third-order valence-electron chi connectivity index (χ3n) is 3.59. The number of ether oxygens (including phenoxy) is 2. The topological polar surface area (TPSA) is 96.9 Å². The molecule has 0 radical (unpaired) electrons. The average molecular weight is 288 g/mol. The molecule has 0 saturated heterocycles. The molecule has 0 aromatic heterocycles. The summed E-state index contributed by atoms with van der Waals surface area (Å²) in [4.78, 5) is 22.5. The van der Waals surface area contributed by atoms with E-state index in [1.807, 2.05) is 0 Å². The summed E-state index contributed by atoms with van der Waals surface area (Å²) in [6, 6.07) is -0.198. The molecule has 2 amide bonds. The van der Waals surface area contributed by atoms with Crippen molar-refractivity contribution < 1.29 is 24.2 Å². The van der Waals surface area contributed by atoms with Crippen LogP contribution in [0.15, 0.2) is 0 Å². The van der Waals surface area contributed by atoms with Crippen LogP contribution >= 0.6 is 0 Å². The van der Waals surface area contributed by atoms with Crippen molar-refractivity contribution in [1.82, 2.24) is 10.6 Å². The van der Waals surface area contributed by atoms with Crippen molar-refractivity contribution in [3.8, 4) is 0 Å². The van der Waals surface area contributed by atoms with E-state index in [4.69, 9.17) is 14.6 Å². The molecule has 0 aliphatic heterocycles. The van der Waals surface area contributed by atoms with Gasteiger partial charge in [0, 0.05) is 26.8 Å². The SMILES string of the molecule is COCC(CNC(=O)NC1CCC(C(=O)O)CC1)OC. The van der Waals surface area contributed by atoms with Crippen molar-refractivity contribution in [1.29, 1.82) is 0 Å². The normalized spacial score (nSPS) is 23.9. The molecular formula is C13H24N2O5. The molecule has 7 nitrogen and oxygen atoms in total.